The van der Waals surface area contributed by atoms with Crippen LogP contribution in [-0.2, 0) is 6.54 Å². The van der Waals surface area contributed by atoms with Gasteiger partial charge in [0.2, 0.25) is 0 Å². The van der Waals surface area contributed by atoms with E-state index in [4.69, 9.17) is 5.73 Å². The van der Waals surface area contributed by atoms with Gasteiger partial charge in [-0.3, -0.25) is 0 Å². The number of nitrogens with zero attached hydrogens (tertiary/aromatic N) is 3. The fraction of sp³-hybridized carbons (Fsp3) is 0.0769. The molecular weight excluding hydrogens is 231 g/mol. The Bertz CT molecular complexity index is 688. The zero-order valence-corrected chi connectivity index (χ0v) is 9.55. The second-order valence-corrected chi connectivity index (χ2v) is 3.94. The second-order valence-electron chi connectivity index (χ2n) is 3.94. The number of aromatic nitrogens is 3. The van der Waals surface area contributed by atoms with Crippen LogP contribution in [0.25, 0.3) is 16.8 Å². The van der Waals surface area contributed by atoms with E-state index in [1.165, 1.54) is 12.1 Å². The van der Waals surface area contributed by atoms with Gasteiger partial charge in [-0.05, 0) is 23.8 Å². The van der Waals surface area contributed by atoms with Crippen molar-refractivity contribution in [1.29, 1.82) is 0 Å². The number of hydrogen-bond acceptors (Lipinski definition) is 3. The SMILES string of the molecule is NCc1ccnc2c(-c3ccc(F)cc3)cnn12. The Kier molecular flexibility index (Phi) is 2.53. The van der Waals surface area contributed by atoms with Crippen molar-refractivity contribution in [3.05, 3.63) is 54.2 Å². The maximum absolute atomic E-state index is 12.9. The molecule has 0 saturated carbocycles. The Morgan fingerprint density at radius 1 is 1.17 bits per heavy atom. The normalized spacial score (nSPS) is 11.0. The molecule has 18 heavy (non-hydrogen) atoms. The number of nitrogens with two attached hydrogens (primary N) is 1. The van der Waals surface area contributed by atoms with Crippen molar-refractivity contribution in [3.63, 3.8) is 0 Å². The Morgan fingerprint density at radius 3 is 2.67 bits per heavy atom. The van der Waals surface area contributed by atoms with Crippen molar-refractivity contribution in [2.45, 2.75) is 6.54 Å². The van der Waals surface area contributed by atoms with Crippen molar-refractivity contribution in [2.24, 2.45) is 5.73 Å². The van der Waals surface area contributed by atoms with E-state index in [1.807, 2.05) is 6.07 Å². The Hall–Kier alpha value is -2.27. The van der Waals surface area contributed by atoms with Gasteiger partial charge in [-0.15, -0.1) is 0 Å². The number of rotatable bonds is 2. The number of hydrogen-bond donors (Lipinski definition) is 1. The lowest BCUT2D eigenvalue weighted by Gasteiger charge is -2.02. The van der Waals surface area contributed by atoms with Crippen molar-refractivity contribution >= 4 is 5.65 Å². The monoisotopic (exact) mass is 242 g/mol. The van der Waals surface area contributed by atoms with Crippen LogP contribution < -0.4 is 5.73 Å². The van der Waals surface area contributed by atoms with Crippen LogP contribution in [0.3, 0.4) is 0 Å². The van der Waals surface area contributed by atoms with Crippen molar-refractivity contribution in [1.82, 2.24) is 14.6 Å². The first-order valence-corrected chi connectivity index (χ1v) is 5.57. The highest BCUT2D eigenvalue weighted by atomic mass is 19.1. The summed E-state index contributed by atoms with van der Waals surface area (Å²) in [5.74, 6) is -0.258. The molecule has 1 aromatic carbocycles. The first-order valence-electron chi connectivity index (χ1n) is 5.57. The first kappa shape index (κ1) is 10.9. The molecule has 0 bridgehead atoms. The summed E-state index contributed by atoms with van der Waals surface area (Å²) in [5.41, 5.74) is 9.00. The van der Waals surface area contributed by atoms with Crippen LogP contribution in [0.5, 0.6) is 0 Å². The summed E-state index contributed by atoms with van der Waals surface area (Å²) in [5, 5.41) is 4.27. The first-order chi connectivity index (χ1) is 8.79. The molecule has 0 atom stereocenters. The van der Waals surface area contributed by atoms with E-state index in [0.717, 1.165) is 22.5 Å². The highest BCUT2D eigenvalue weighted by molar-refractivity contribution is 5.76. The quantitative estimate of drug-likeness (QED) is 0.747. The van der Waals surface area contributed by atoms with Crippen LogP contribution in [0.1, 0.15) is 5.69 Å². The van der Waals surface area contributed by atoms with Crippen molar-refractivity contribution < 1.29 is 4.39 Å². The molecule has 0 spiro atoms. The van der Waals surface area contributed by atoms with Gasteiger partial charge in [0.15, 0.2) is 5.65 Å². The summed E-state index contributed by atoms with van der Waals surface area (Å²) in [6.07, 6.45) is 3.42. The van der Waals surface area contributed by atoms with Gasteiger partial charge < -0.3 is 5.73 Å². The smallest absolute Gasteiger partial charge is 0.163 e. The molecule has 0 unspecified atom stereocenters. The molecule has 0 aliphatic rings. The van der Waals surface area contributed by atoms with E-state index in [1.54, 1.807) is 29.0 Å². The largest absolute Gasteiger partial charge is 0.325 e. The average Bonchev–Trinajstić information content (AvgIpc) is 2.83. The van der Waals surface area contributed by atoms with Gasteiger partial charge in [-0.2, -0.15) is 5.10 Å². The van der Waals surface area contributed by atoms with Gasteiger partial charge in [-0.25, -0.2) is 13.9 Å². The lowest BCUT2D eigenvalue weighted by atomic mass is 10.1. The van der Waals surface area contributed by atoms with Gasteiger partial charge in [0.05, 0.1) is 11.9 Å². The molecule has 5 heteroatoms. The predicted molar refractivity (Wildman–Crippen MR) is 66.3 cm³/mol. The summed E-state index contributed by atoms with van der Waals surface area (Å²) in [7, 11) is 0. The molecule has 3 aromatic rings. The molecule has 0 saturated heterocycles. The molecule has 0 amide bonds. The van der Waals surface area contributed by atoms with Crippen LogP contribution in [0, 0.1) is 5.82 Å². The molecule has 0 radical (unpaired) electrons. The van der Waals surface area contributed by atoms with E-state index >= 15 is 0 Å². The summed E-state index contributed by atoms with van der Waals surface area (Å²) in [6.45, 7) is 0.392. The fourth-order valence-corrected chi connectivity index (χ4v) is 1.93. The lowest BCUT2D eigenvalue weighted by molar-refractivity contribution is 0.628. The third-order valence-corrected chi connectivity index (χ3v) is 2.84. The van der Waals surface area contributed by atoms with E-state index in [0.29, 0.717) is 6.54 Å². The topological polar surface area (TPSA) is 56.2 Å². The zero-order chi connectivity index (χ0) is 12.5. The molecule has 0 aliphatic carbocycles. The maximum atomic E-state index is 12.9. The van der Waals surface area contributed by atoms with E-state index in [-0.39, 0.29) is 5.82 Å². The predicted octanol–water partition coefficient (Wildman–Crippen LogP) is 1.99. The molecule has 0 fully saturated rings. The Balaban J connectivity index is 2.21. The summed E-state index contributed by atoms with van der Waals surface area (Å²) >= 11 is 0. The number of halogens is 1. The van der Waals surface area contributed by atoms with Gasteiger partial charge in [-0.1, -0.05) is 12.1 Å². The summed E-state index contributed by atoms with van der Waals surface area (Å²) in [6, 6.07) is 8.10. The van der Waals surface area contributed by atoms with Gasteiger partial charge in [0.25, 0.3) is 0 Å². The maximum Gasteiger partial charge on any atom is 0.163 e. The molecule has 2 aromatic heterocycles. The standard InChI is InChI=1S/C13H11FN4/c14-10-3-1-9(2-4-10)12-8-17-18-11(7-15)5-6-16-13(12)18/h1-6,8H,7,15H2. The second kappa shape index (κ2) is 4.19. The van der Waals surface area contributed by atoms with E-state index in [9.17, 15) is 4.39 Å². The molecule has 90 valence electrons. The number of benzene rings is 1. The minimum absolute atomic E-state index is 0.258. The molecule has 3 rings (SSSR count). The molecule has 0 aliphatic heterocycles. The molecule has 2 N–H and O–H groups in total. The van der Waals surface area contributed by atoms with Crippen molar-refractivity contribution in [2.75, 3.05) is 0 Å². The Labute approximate surface area is 103 Å². The van der Waals surface area contributed by atoms with E-state index in [2.05, 4.69) is 10.1 Å². The third-order valence-electron chi connectivity index (χ3n) is 2.84. The van der Waals surface area contributed by atoms with Crippen LogP contribution >= 0.6 is 0 Å². The highest BCUT2D eigenvalue weighted by Gasteiger charge is 2.09. The minimum Gasteiger partial charge on any atom is -0.325 e. The Morgan fingerprint density at radius 2 is 1.94 bits per heavy atom. The molecular formula is C13H11FN4. The fourth-order valence-electron chi connectivity index (χ4n) is 1.93. The molecule has 2 heterocycles. The minimum atomic E-state index is -0.258. The zero-order valence-electron chi connectivity index (χ0n) is 9.55. The van der Waals surface area contributed by atoms with Crippen LogP contribution in [0.15, 0.2) is 42.7 Å². The highest BCUT2D eigenvalue weighted by Crippen LogP contribution is 2.23. The van der Waals surface area contributed by atoms with E-state index < -0.39 is 0 Å². The van der Waals surface area contributed by atoms with Crippen LogP contribution in [0.2, 0.25) is 0 Å². The summed E-state index contributed by atoms with van der Waals surface area (Å²) in [4.78, 5) is 4.30. The van der Waals surface area contributed by atoms with Gasteiger partial charge in [0.1, 0.15) is 5.82 Å². The average molecular weight is 242 g/mol. The summed E-state index contributed by atoms with van der Waals surface area (Å²) < 4.78 is 14.6. The van der Waals surface area contributed by atoms with Gasteiger partial charge in [0, 0.05) is 18.3 Å². The third kappa shape index (κ3) is 1.65. The van der Waals surface area contributed by atoms with Crippen LogP contribution in [0.4, 0.5) is 4.39 Å². The lowest BCUT2D eigenvalue weighted by Crippen LogP contribution is -2.05. The molecule has 4 nitrogen and oxygen atoms in total. The van der Waals surface area contributed by atoms with Gasteiger partial charge >= 0.3 is 0 Å². The number of fused-ring (bicyclic) bond motifs is 1. The van der Waals surface area contributed by atoms with Crippen molar-refractivity contribution in [3.8, 4) is 11.1 Å². The van der Waals surface area contributed by atoms with Crippen LogP contribution in [-0.4, -0.2) is 14.6 Å².